The summed E-state index contributed by atoms with van der Waals surface area (Å²) < 4.78 is 67.9. The minimum absolute atomic E-state index is 0.178. The molecule has 0 saturated carbocycles. The average Bonchev–Trinajstić information content (AvgIpc) is 2.39. The first kappa shape index (κ1) is 14.2. The van der Waals surface area contributed by atoms with Crippen molar-refractivity contribution in [2.45, 2.75) is 18.1 Å². The topological polar surface area (TPSA) is 21.3 Å². The second-order valence-corrected chi connectivity index (χ2v) is 4.28. The molecule has 1 saturated heterocycles. The molecule has 106 valence electrons. The summed E-state index contributed by atoms with van der Waals surface area (Å²) in [7, 11) is 0. The van der Waals surface area contributed by atoms with Gasteiger partial charge in [-0.2, -0.15) is 22.0 Å². The third kappa shape index (κ3) is 2.87. The minimum atomic E-state index is -5.58. The molecule has 1 aliphatic heterocycles. The molecule has 0 aromatic heterocycles. The quantitative estimate of drug-likeness (QED) is 0.841. The van der Waals surface area contributed by atoms with E-state index in [9.17, 15) is 22.0 Å². The van der Waals surface area contributed by atoms with Crippen LogP contribution in [0.3, 0.4) is 0 Å². The Morgan fingerprint density at radius 2 is 1.68 bits per heavy atom. The Kier molecular flexibility index (Phi) is 3.78. The number of halogens is 5. The molecule has 1 aliphatic rings. The number of morpholine rings is 1. The molecular formula is C12H12F5NO. The van der Waals surface area contributed by atoms with Crippen LogP contribution in [0.25, 0.3) is 0 Å². The van der Waals surface area contributed by atoms with Crippen LogP contribution in [0, 0.1) is 0 Å². The fourth-order valence-electron chi connectivity index (χ4n) is 1.87. The summed E-state index contributed by atoms with van der Waals surface area (Å²) in [5.41, 5.74) is -0.429. The van der Waals surface area contributed by atoms with Gasteiger partial charge in [0.1, 0.15) is 0 Å². The van der Waals surface area contributed by atoms with Crippen molar-refractivity contribution in [3.8, 4) is 0 Å². The molecule has 1 aromatic carbocycles. The number of alkyl halides is 5. The highest BCUT2D eigenvalue weighted by molar-refractivity contribution is 5.29. The van der Waals surface area contributed by atoms with E-state index in [1.54, 1.807) is 0 Å². The van der Waals surface area contributed by atoms with Gasteiger partial charge in [0.15, 0.2) is 0 Å². The molecular weight excluding hydrogens is 269 g/mol. The maximum atomic E-state index is 13.1. The van der Waals surface area contributed by atoms with Gasteiger partial charge in [0, 0.05) is 12.1 Å². The Morgan fingerprint density at radius 1 is 1.05 bits per heavy atom. The van der Waals surface area contributed by atoms with Crippen LogP contribution < -0.4 is 5.32 Å². The zero-order chi connectivity index (χ0) is 14.1. The third-order valence-corrected chi connectivity index (χ3v) is 2.95. The van der Waals surface area contributed by atoms with E-state index in [1.165, 1.54) is 12.1 Å². The van der Waals surface area contributed by atoms with Crippen molar-refractivity contribution >= 4 is 0 Å². The summed E-state index contributed by atoms with van der Waals surface area (Å²) >= 11 is 0. The largest absolute Gasteiger partial charge is 0.458 e. The number of ether oxygens (including phenoxy) is 1. The van der Waals surface area contributed by atoms with Gasteiger partial charge in [-0.1, -0.05) is 24.3 Å². The maximum absolute atomic E-state index is 13.1. The van der Waals surface area contributed by atoms with Crippen LogP contribution in [-0.2, 0) is 10.7 Å². The van der Waals surface area contributed by atoms with Crippen LogP contribution in [0.4, 0.5) is 22.0 Å². The third-order valence-electron chi connectivity index (χ3n) is 2.95. The number of nitrogens with one attached hydrogen (secondary N) is 1. The van der Waals surface area contributed by atoms with Crippen molar-refractivity contribution in [2.75, 3.05) is 19.8 Å². The fraction of sp³-hybridized carbons (Fsp3) is 0.500. The summed E-state index contributed by atoms with van der Waals surface area (Å²) in [4.78, 5) is 0. The number of hydrogen-bond donors (Lipinski definition) is 1. The van der Waals surface area contributed by atoms with Gasteiger partial charge in [-0.15, -0.1) is 0 Å². The first-order chi connectivity index (χ1) is 8.82. The lowest BCUT2D eigenvalue weighted by Gasteiger charge is -2.25. The maximum Gasteiger partial charge on any atom is 0.458 e. The number of rotatable bonds is 2. The molecule has 19 heavy (non-hydrogen) atoms. The predicted octanol–water partition coefficient (Wildman–Crippen LogP) is 3.00. The van der Waals surface area contributed by atoms with E-state index in [0.29, 0.717) is 25.3 Å². The highest BCUT2D eigenvalue weighted by atomic mass is 19.4. The molecule has 7 heteroatoms. The number of benzene rings is 1. The van der Waals surface area contributed by atoms with E-state index >= 15 is 0 Å². The highest BCUT2D eigenvalue weighted by Gasteiger charge is 2.58. The van der Waals surface area contributed by atoms with E-state index in [1.807, 2.05) is 0 Å². The van der Waals surface area contributed by atoms with Crippen molar-refractivity contribution in [3.63, 3.8) is 0 Å². The van der Waals surface area contributed by atoms with E-state index in [-0.39, 0.29) is 6.04 Å². The second-order valence-electron chi connectivity index (χ2n) is 4.28. The van der Waals surface area contributed by atoms with Gasteiger partial charge in [0.25, 0.3) is 0 Å². The fourth-order valence-corrected chi connectivity index (χ4v) is 1.87. The van der Waals surface area contributed by atoms with Gasteiger partial charge in [-0.05, 0) is 5.56 Å². The van der Waals surface area contributed by atoms with Crippen LogP contribution in [0.15, 0.2) is 24.3 Å². The van der Waals surface area contributed by atoms with Crippen LogP contribution in [-0.4, -0.2) is 25.9 Å². The van der Waals surface area contributed by atoms with Crippen molar-refractivity contribution in [1.82, 2.24) is 5.32 Å². The van der Waals surface area contributed by atoms with Crippen LogP contribution in [0.2, 0.25) is 0 Å². The molecule has 0 spiro atoms. The van der Waals surface area contributed by atoms with Crippen LogP contribution >= 0.6 is 0 Å². The van der Waals surface area contributed by atoms with Crippen LogP contribution in [0.5, 0.6) is 0 Å². The zero-order valence-electron chi connectivity index (χ0n) is 9.81. The molecule has 1 N–H and O–H groups in total. The standard InChI is InChI=1S/C12H12F5NO/c13-11(14,12(15,16)17)9-3-1-8(2-4-9)10-7-19-6-5-18-10/h1-4,10,18H,5-7H2. The summed E-state index contributed by atoms with van der Waals surface area (Å²) in [6.07, 6.45) is -5.58. The van der Waals surface area contributed by atoms with Gasteiger partial charge in [0.2, 0.25) is 0 Å². The minimum Gasteiger partial charge on any atom is -0.378 e. The highest BCUT2D eigenvalue weighted by Crippen LogP contribution is 2.43. The van der Waals surface area contributed by atoms with Crippen molar-refractivity contribution in [3.05, 3.63) is 35.4 Å². The molecule has 2 nitrogen and oxygen atoms in total. The molecule has 2 rings (SSSR count). The lowest BCUT2D eigenvalue weighted by atomic mass is 10.0. The Balaban J connectivity index is 2.18. The zero-order valence-corrected chi connectivity index (χ0v) is 9.81. The van der Waals surface area contributed by atoms with Gasteiger partial charge in [-0.3, -0.25) is 0 Å². The lowest BCUT2D eigenvalue weighted by Crippen LogP contribution is -2.35. The molecule has 0 amide bonds. The smallest absolute Gasteiger partial charge is 0.378 e. The van der Waals surface area contributed by atoms with Gasteiger partial charge >= 0.3 is 12.1 Å². The normalized spacial score (nSPS) is 21.4. The lowest BCUT2D eigenvalue weighted by molar-refractivity contribution is -0.289. The molecule has 1 unspecified atom stereocenters. The Morgan fingerprint density at radius 3 is 2.16 bits per heavy atom. The SMILES string of the molecule is FC(F)(F)C(F)(F)c1ccc(C2COCCN2)cc1. The summed E-state index contributed by atoms with van der Waals surface area (Å²) in [5.74, 6) is -4.83. The monoisotopic (exact) mass is 281 g/mol. The first-order valence-electron chi connectivity index (χ1n) is 5.68. The van der Waals surface area contributed by atoms with Crippen molar-refractivity contribution in [2.24, 2.45) is 0 Å². The second kappa shape index (κ2) is 5.05. The summed E-state index contributed by atoms with van der Waals surface area (Å²) in [6, 6.07) is 3.96. The van der Waals surface area contributed by atoms with Crippen LogP contribution in [0.1, 0.15) is 17.2 Å². The van der Waals surface area contributed by atoms with Gasteiger partial charge in [0.05, 0.1) is 19.3 Å². The van der Waals surface area contributed by atoms with E-state index in [2.05, 4.69) is 5.32 Å². The van der Waals surface area contributed by atoms with E-state index in [0.717, 1.165) is 12.1 Å². The molecule has 1 heterocycles. The Hall–Kier alpha value is -1.21. The molecule has 1 atom stereocenters. The molecule has 0 radical (unpaired) electrons. The van der Waals surface area contributed by atoms with Crippen molar-refractivity contribution in [1.29, 1.82) is 0 Å². The molecule has 0 bridgehead atoms. The first-order valence-corrected chi connectivity index (χ1v) is 5.68. The predicted molar refractivity (Wildman–Crippen MR) is 58.0 cm³/mol. The Labute approximate surface area is 106 Å². The summed E-state index contributed by atoms with van der Waals surface area (Å²) in [6.45, 7) is 1.54. The average molecular weight is 281 g/mol. The van der Waals surface area contributed by atoms with Crippen molar-refractivity contribution < 1.29 is 26.7 Å². The molecule has 0 aliphatic carbocycles. The number of hydrogen-bond acceptors (Lipinski definition) is 2. The molecule has 1 aromatic rings. The Bertz CT molecular complexity index is 423. The van der Waals surface area contributed by atoms with Gasteiger partial charge in [-0.25, -0.2) is 0 Å². The van der Waals surface area contributed by atoms with E-state index in [4.69, 9.17) is 4.74 Å². The van der Waals surface area contributed by atoms with Gasteiger partial charge < -0.3 is 10.1 Å². The summed E-state index contributed by atoms with van der Waals surface area (Å²) in [5, 5.41) is 3.09. The molecule has 1 fully saturated rings. The van der Waals surface area contributed by atoms with E-state index < -0.39 is 17.7 Å².